The molecule has 2 N–H and O–H groups in total. The number of carbonyl (C=O) groups is 2. The van der Waals surface area contributed by atoms with Gasteiger partial charge in [-0.05, 0) is 6.92 Å². The highest BCUT2D eigenvalue weighted by Crippen LogP contribution is 1.94. The van der Waals surface area contributed by atoms with Crippen molar-refractivity contribution in [2.24, 2.45) is 7.05 Å². The van der Waals surface area contributed by atoms with Crippen molar-refractivity contribution in [1.82, 2.24) is 20.2 Å². The number of nitrogens with zero attached hydrogens (tertiary/aromatic N) is 2. The summed E-state index contributed by atoms with van der Waals surface area (Å²) in [5.41, 5.74) is 0. The van der Waals surface area contributed by atoms with E-state index in [4.69, 9.17) is 11.6 Å². The maximum atomic E-state index is 11.2. The highest BCUT2D eigenvalue weighted by atomic mass is 35.5. The maximum absolute atomic E-state index is 11.2. The Hall–Kier alpha value is -1.56. The standard InChI is InChI=1S/C10H15ClN4O2/c1-7(11)9(16)14-10(17)13-4-3-8-12-5-6-15(8)2/h5-7H,3-4H2,1-2H3,(H2,13,14,16,17). The molecule has 1 aromatic rings. The minimum absolute atomic E-state index is 0.403. The molecular weight excluding hydrogens is 244 g/mol. The molecule has 0 bridgehead atoms. The number of urea groups is 1. The van der Waals surface area contributed by atoms with Gasteiger partial charge in [0.15, 0.2) is 0 Å². The Kier molecular flexibility index (Phi) is 4.96. The van der Waals surface area contributed by atoms with E-state index in [9.17, 15) is 9.59 Å². The van der Waals surface area contributed by atoms with Crippen LogP contribution in [0.4, 0.5) is 4.79 Å². The summed E-state index contributed by atoms with van der Waals surface area (Å²) in [5, 5.41) is 3.95. The van der Waals surface area contributed by atoms with Crippen LogP contribution in [0.2, 0.25) is 0 Å². The lowest BCUT2D eigenvalue weighted by Crippen LogP contribution is -2.42. The van der Waals surface area contributed by atoms with E-state index in [0.717, 1.165) is 5.82 Å². The molecule has 0 aromatic carbocycles. The largest absolute Gasteiger partial charge is 0.338 e. The average molecular weight is 259 g/mol. The van der Waals surface area contributed by atoms with Gasteiger partial charge in [-0.2, -0.15) is 0 Å². The molecule has 1 atom stereocenters. The second-order valence-electron chi connectivity index (χ2n) is 3.57. The molecule has 0 aliphatic rings. The van der Waals surface area contributed by atoms with E-state index in [-0.39, 0.29) is 0 Å². The number of halogens is 1. The quantitative estimate of drug-likeness (QED) is 0.769. The number of rotatable bonds is 4. The van der Waals surface area contributed by atoms with Crippen molar-refractivity contribution in [2.75, 3.05) is 6.54 Å². The third-order valence-electron chi connectivity index (χ3n) is 2.15. The van der Waals surface area contributed by atoms with E-state index in [1.807, 2.05) is 17.8 Å². The molecule has 0 saturated heterocycles. The Morgan fingerprint density at radius 3 is 2.82 bits per heavy atom. The molecular formula is C10H15ClN4O2. The summed E-state index contributed by atoms with van der Waals surface area (Å²) in [6, 6.07) is -0.545. The third kappa shape index (κ3) is 4.44. The van der Waals surface area contributed by atoms with Crippen LogP contribution in [0.3, 0.4) is 0 Å². The Labute approximate surface area is 104 Å². The lowest BCUT2D eigenvalue weighted by atomic mass is 10.4. The Morgan fingerprint density at radius 2 is 2.29 bits per heavy atom. The first-order valence-electron chi connectivity index (χ1n) is 5.19. The van der Waals surface area contributed by atoms with Crippen molar-refractivity contribution >= 4 is 23.5 Å². The molecule has 17 heavy (non-hydrogen) atoms. The van der Waals surface area contributed by atoms with Crippen LogP contribution in [0.5, 0.6) is 0 Å². The summed E-state index contributed by atoms with van der Waals surface area (Å²) < 4.78 is 1.87. The number of imidazole rings is 1. The van der Waals surface area contributed by atoms with Gasteiger partial charge in [-0.1, -0.05) is 0 Å². The fourth-order valence-corrected chi connectivity index (χ4v) is 1.24. The summed E-state index contributed by atoms with van der Waals surface area (Å²) in [5.74, 6) is 0.350. The van der Waals surface area contributed by atoms with Gasteiger partial charge in [0.05, 0.1) is 0 Å². The monoisotopic (exact) mass is 258 g/mol. The highest BCUT2D eigenvalue weighted by Gasteiger charge is 2.12. The minimum Gasteiger partial charge on any atom is -0.338 e. The van der Waals surface area contributed by atoms with Crippen molar-refractivity contribution in [1.29, 1.82) is 0 Å². The van der Waals surface area contributed by atoms with Gasteiger partial charge in [0.1, 0.15) is 11.2 Å². The van der Waals surface area contributed by atoms with E-state index in [1.165, 1.54) is 6.92 Å². The molecule has 1 aromatic heterocycles. The summed E-state index contributed by atoms with van der Waals surface area (Å²) in [6.45, 7) is 1.90. The molecule has 6 nitrogen and oxygen atoms in total. The van der Waals surface area contributed by atoms with E-state index >= 15 is 0 Å². The summed E-state index contributed by atoms with van der Waals surface area (Å²) in [6.07, 6.45) is 4.11. The topological polar surface area (TPSA) is 76.0 Å². The molecule has 0 aliphatic heterocycles. The molecule has 7 heteroatoms. The van der Waals surface area contributed by atoms with Gasteiger partial charge < -0.3 is 9.88 Å². The van der Waals surface area contributed by atoms with Gasteiger partial charge >= 0.3 is 6.03 Å². The van der Waals surface area contributed by atoms with Crippen LogP contribution >= 0.6 is 11.6 Å². The molecule has 3 amide bonds. The van der Waals surface area contributed by atoms with Gasteiger partial charge in [-0.25, -0.2) is 9.78 Å². The number of alkyl halides is 1. The molecule has 0 aliphatic carbocycles. The fourth-order valence-electron chi connectivity index (χ4n) is 1.18. The lowest BCUT2D eigenvalue weighted by molar-refractivity contribution is -0.119. The molecule has 94 valence electrons. The summed E-state index contributed by atoms with van der Waals surface area (Å²) in [7, 11) is 1.88. The number of imide groups is 1. The van der Waals surface area contributed by atoms with Crippen LogP contribution in [-0.4, -0.2) is 33.4 Å². The normalized spacial score (nSPS) is 11.9. The number of hydrogen-bond donors (Lipinski definition) is 2. The first-order chi connectivity index (χ1) is 8.00. The van der Waals surface area contributed by atoms with Crippen molar-refractivity contribution in [3.05, 3.63) is 18.2 Å². The zero-order chi connectivity index (χ0) is 12.8. The third-order valence-corrected chi connectivity index (χ3v) is 2.35. The molecule has 0 fully saturated rings. The molecule has 0 spiro atoms. The number of aromatic nitrogens is 2. The van der Waals surface area contributed by atoms with Gasteiger partial charge in [0.25, 0.3) is 0 Å². The summed E-state index contributed by atoms with van der Waals surface area (Å²) in [4.78, 5) is 26.4. The summed E-state index contributed by atoms with van der Waals surface area (Å²) >= 11 is 5.50. The molecule has 1 rings (SSSR count). The number of hydrogen-bond acceptors (Lipinski definition) is 3. The fraction of sp³-hybridized carbons (Fsp3) is 0.500. The van der Waals surface area contributed by atoms with Gasteiger partial charge in [-0.3, -0.25) is 10.1 Å². The molecule has 0 radical (unpaired) electrons. The van der Waals surface area contributed by atoms with Crippen LogP contribution in [0.1, 0.15) is 12.7 Å². The van der Waals surface area contributed by atoms with Crippen molar-refractivity contribution in [2.45, 2.75) is 18.7 Å². The van der Waals surface area contributed by atoms with Crippen LogP contribution in [-0.2, 0) is 18.3 Å². The molecule has 1 heterocycles. The van der Waals surface area contributed by atoms with Gasteiger partial charge in [-0.15, -0.1) is 11.6 Å². The Bertz CT molecular complexity index is 403. The predicted molar refractivity (Wildman–Crippen MR) is 63.8 cm³/mol. The smallest absolute Gasteiger partial charge is 0.321 e. The first kappa shape index (κ1) is 13.5. The molecule has 0 saturated carbocycles. The van der Waals surface area contributed by atoms with Crippen molar-refractivity contribution < 1.29 is 9.59 Å². The number of carbonyl (C=O) groups excluding carboxylic acids is 2. The van der Waals surface area contributed by atoms with Crippen LogP contribution in [0.25, 0.3) is 0 Å². The first-order valence-corrected chi connectivity index (χ1v) is 5.63. The second kappa shape index (κ2) is 6.24. The SMILES string of the molecule is CC(Cl)C(=O)NC(=O)NCCc1nccn1C. The number of nitrogens with one attached hydrogen (secondary N) is 2. The van der Waals surface area contributed by atoms with Gasteiger partial charge in [0, 0.05) is 32.4 Å². The van der Waals surface area contributed by atoms with E-state index < -0.39 is 17.3 Å². The number of amides is 3. The van der Waals surface area contributed by atoms with Crippen molar-refractivity contribution in [3.8, 4) is 0 Å². The Balaban J connectivity index is 2.25. The zero-order valence-electron chi connectivity index (χ0n) is 9.74. The predicted octanol–water partition coefficient (Wildman–Crippen LogP) is 0.416. The Morgan fingerprint density at radius 1 is 1.59 bits per heavy atom. The minimum atomic E-state index is -0.727. The van der Waals surface area contributed by atoms with Crippen LogP contribution < -0.4 is 10.6 Å². The van der Waals surface area contributed by atoms with Crippen LogP contribution in [0, 0.1) is 0 Å². The molecule has 1 unspecified atom stereocenters. The lowest BCUT2D eigenvalue weighted by Gasteiger charge is -2.07. The zero-order valence-corrected chi connectivity index (χ0v) is 10.5. The van der Waals surface area contributed by atoms with E-state index in [0.29, 0.717) is 13.0 Å². The second-order valence-corrected chi connectivity index (χ2v) is 4.22. The van der Waals surface area contributed by atoms with E-state index in [2.05, 4.69) is 15.6 Å². The van der Waals surface area contributed by atoms with Gasteiger partial charge in [0.2, 0.25) is 5.91 Å². The maximum Gasteiger partial charge on any atom is 0.321 e. The number of aryl methyl sites for hydroxylation is 1. The van der Waals surface area contributed by atoms with Crippen molar-refractivity contribution in [3.63, 3.8) is 0 Å². The van der Waals surface area contributed by atoms with Crippen LogP contribution in [0.15, 0.2) is 12.4 Å². The highest BCUT2D eigenvalue weighted by molar-refractivity contribution is 6.31. The van der Waals surface area contributed by atoms with E-state index in [1.54, 1.807) is 6.20 Å². The average Bonchev–Trinajstić information content (AvgIpc) is 2.64.